The summed E-state index contributed by atoms with van der Waals surface area (Å²) < 4.78 is 6.99. The van der Waals surface area contributed by atoms with Crippen molar-refractivity contribution in [3.63, 3.8) is 0 Å². The first-order valence-electron chi connectivity index (χ1n) is 6.98. The molecule has 22 heavy (non-hydrogen) atoms. The molecular weight excluding hydrogens is 340 g/mol. The second-order valence-corrected chi connectivity index (χ2v) is 6.22. The normalized spacial score (nSPS) is 11.4. The zero-order valence-electron chi connectivity index (χ0n) is 11.9. The van der Waals surface area contributed by atoms with E-state index < -0.39 is 0 Å². The molecule has 1 aromatic heterocycles. The van der Waals surface area contributed by atoms with E-state index in [4.69, 9.17) is 10.2 Å². The second kappa shape index (κ2) is 4.85. The highest BCUT2D eigenvalue weighted by molar-refractivity contribution is 9.10. The van der Waals surface area contributed by atoms with Crippen LogP contribution in [0.25, 0.3) is 33.3 Å². The maximum Gasteiger partial charge on any atom is 0.228 e. The standard InChI is InChI=1S/C18H13BrN2O/c1-10-8-15(20)17-16(9-10)21-18(22-17)13-6-2-5-12-11(13)4-3-7-14(12)19/h2-9H,20H2,1H3. The van der Waals surface area contributed by atoms with Crippen molar-refractivity contribution in [2.45, 2.75) is 6.92 Å². The first-order valence-corrected chi connectivity index (χ1v) is 7.77. The summed E-state index contributed by atoms with van der Waals surface area (Å²) in [6.45, 7) is 2.00. The lowest BCUT2D eigenvalue weighted by Crippen LogP contribution is -1.86. The third-order valence-corrected chi connectivity index (χ3v) is 4.45. The summed E-state index contributed by atoms with van der Waals surface area (Å²) in [6.07, 6.45) is 0. The van der Waals surface area contributed by atoms with Gasteiger partial charge in [-0.15, -0.1) is 0 Å². The SMILES string of the molecule is Cc1cc(N)c2oc(-c3cccc4c(Br)cccc34)nc2c1. The molecule has 3 aromatic carbocycles. The van der Waals surface area contributed by atoms with Gasteiger partial charge in [0.15, 0.2) is 5.58 Å². The van der Waals surface area contributed by atoms with Gasteiger partial charge in [-0.3, -0.25) is 0 Å². The minimum Gasteiger partial charge on any atom is -0.434 e. The van der Waals surface area contributed by atoms with Crippen LogP contribution in [0.4, 0.5) is 5.69 Å². The van der Waals surface area contributed by atoms with Gasteiger partial charge in [0.05, 0.1) is 5.69 Å². The first-order chi connectivity index (χ1) is 10.6. The maximum atomic E-state index is 6.04. The van der Waals surface area contributed by atoms with Crippen molar-refractivity contribution >= 4 is 43.5 Å². The van der Waals surface area contributed by atoms with Crippen LogP contribution in [0.1, 0.15) is 5.56 Å². The Kier molecular flexibility index (Phi) is 2.94. The van der Waals surface area contributed by atoms with Gasteiger partial charge in [0.25, 0.3) is 0 Å². The van der Waals surface area contributed by atoms with E-state index in [1.54, 1.807) is 0 Å². The number of hydrogen-bond donors (Lipinski definition) is 1. The monoisotopic (exact) mass is 352 g/mol. The second-order valence-electron chi connectivity index (χ2n) is 5.36. The lowest BCUT2D eigenvalue weighted by Gasteiger charge is -2.04. The largest absolute Gasteiger partial charge is 0.434 e. The molecule has 108 valence electrons. The van der Waals surface area contributed by atoms with Crippen molar-refractivity contribution < 1.29 is 4.42 Å². The van der Waals surface area contributed by atoms with E-state index in [2.05, 4.69) is 33.0 Å². The van der Waals surface area contributed by atoms with Crippen LogP contribution < -0.4 is 5.73 Å². The van der Waals surface area contributed by atoms with Crippen LogP contribution in [-0.4, -0.2) is 4.98 Å². The number of rotatable bonds is 1. The van der Waals surface area contributed by atoms with Crippen molar-refractivity contribution in [2.75, 3.05) is 5.73 Å². The zero-order chi connectivity index (χ0) is 15.3. The van der Waals surface area contributed by atoms with Crippen LogP contribution in [0.2, 0.25) is 0 Å². The molecule has 0 bridgehead atoms. The average Bonchev–Trinajstić information content (AvgIpc) is 2.91. The van der Waals surface area contributed by atoms with Gasteiger partial charge in [-0.05, 0) is 47.5 Å². The van der Waals surface area contributed by atoms with Gasteiger partial charge in [0.2, 0.25) is 5.89 Å². The quantitative estimate of drug-likeness (QED) is 0.473. The van der Waals surface area contributed by atoms with Gasteiger partial charge < -0.3 is 10.2 Å². The molecule has 0 unspecified atom stereocenters. The molecule has 0 amide bonds. The number of nitrogens with two attached hydrogens (primary N) is 1. The molecule has 0 saturated heterocycles. The number of aromatic nitrogens is 1. The van der Waals surface area contributed by atoms with Gasteiger partial charge in [-0.2, -0.15) is 0 Å². The van der Waals surface area contributed by atoms with Gasteiger partial charge >= 0.3 is 0 Å². The van der Waals surface area contributed by atoms with Crippen LogP contribution in [0.5, 0.6) is 0 Å². The molecular formula is C18H13BrN2O. The number of hydrogen-bond acceptors (Lipinski definition) is 3. The summed E-state index contributed by atoms with van der Waals surface area (Å²) in [5.41, 5.74) is 10.1. The molecule has 0 aliphatic rings. The van der Waals surface area contributed by atoms with E-state index in [9.17, 15) is 0 Å². The first kappa shape index (κ1) is 13.3. The minimum absolute atomic E-state index is 0.594. The highest BCUT2D eigenvalue weighted by Gasteiger charge is 2.14. The lowest BCUT2D eigenvalue weighted by atomic mass is 10.0. The van der Waals surface area contributed by atoms with Crippen molar-refractivity contribution in [3.8, 4) is 11.5 Å². The maximum absolute atomic E-state index is 6.04. The average molecular weight is 353 g/mol. The number of oxazole rings is 1. The van der Waals surface area contributed by atoms with Crippen LogP contribution in [0.15, 0.2) is 57.4 Å². The third kappa shape index (κ3) is 1.99. The Morgan fingerprint density at radius 2 is 1.82 bits per heavy atom. The van der Waals surface area contributed by atoms with E-state index >= 15 is 0 Å². The van der Waals surface area contributed by atoms with Crippen molar-refractivity contribution in [2.24, 2.45) is 0 Å². The van der Waals surface area contributed by atoms with E-state index in [1.807, 2.05) is 43.3 Å². The zero-order valence-corrected chi connectivity index (χ0v) is 13.5. The van der Waals surface area contributed by atoms with Gasteiger partial charge in [0.1, 0.15) is 5.52 Å². The molecule has 0 atom stereocenters. The molecule has 0 fully saturated rings. The van der Waals surface area contributed by atoms with E-state index in [0.29, 0.717) is 17.2 Å². The summed E-state index contributed by atoms with van der Waals surface area (Å²) in [4.78, 5) is 4.62. The summed E-state index contributed by atoms with van der Waals surface area (Å²) in [7, 11) is 0. The molecule has 3 nitrogen and oxygen atoms in total. The number of anilines is 1. The van der Waals surface area contributed by atoms with Crippen LogP contribution in [0, 0.1) is 6.92 Å². The Morgan fingerprint density at radius 3 is 2.68 bits per heavy atom. The molecule has 0 aliphatic heterocycles. The van der Waals surface area contributed by atoms with E-state index in [0.717, 1.165) is 31.9 Å². The van der Waals surface area contributed by atoms with E-state index in [1.165, 1.54) is 0 Å². The van der Waals surface area contributed by atoms with Crippen molar-refractivity contribution in [1.29, 1.82) is 0 Å². The molecule has 4 aromatic rings. The lowest BCUT2D eigenvalue weighted by molar-refractivity contribution is 0.622. The van der Waals surface area contributed by atoms with Gasteiger partial charge in [-0.1, -0.05) is 40.2 Å². The highest BCUT2D eigenvalue weighted by Crippen LogP contribution is 2.34. The third-order valence-electron chi connectivity index (χ3n) is 3.76. The Labute approximate surface area is 135 Å². The molecule has 4 rings (SSSR count). The number of nitrogens with zero attached hydrogens (tertiary/aromatic N) is 1. The molecule has 0 radical (unpaired) electrons. The number of aryl methyl sites for hydroxylation is 1. The van der Waals surface area contributed by atoms with Crippen LogP contribution in [-0.2, 0) is 0 Å². The summed E-state index contributed by atoms with van der Waals surface area (Å²) in [6, 6.07) is 16.1. The summed E-state index contributed by atoms with van der Waals surface area (Å²) in [5.74, 6) is 0.594. The topological polar surface area (TPSA) is 52.0 Å². The fourth-order valence-corrected chi connectivity index (χ4v) is 3.28. The van der Waals surface area contributed by atoms with Crippen molar-refractivity contribution in [1.82, 2.24) is 4.98 Å². The Hall–Kier alpha value is -2.33. The van der Waals surface area contributed by atoms with Crippen LogP contribution in [0.3, 0.4) is 0 Å². The predicted octanol–water partition coefficient (Wildman–Crippen LogP) is 5.30. The molecule has 0 aliphatic carbocycles. The van der Waals surface area contributed by atoms with Crippen LogP contribution >= 0.6 is 15.9 Å². The van der Waals surface area contributed by atoms with Gasteiger partial charge in [-0.25, -0.2) is 4.98 Å². The van der Waals surface area contributed by atoms with Crippen molar-refractivity contribution in [3.05, 3.63) is 58.6 Å². The predicted molar refractivity (Wildman–Crippen MR) is 93.8 cm³/mol. The number of benzene rings is 3. The fraction of sp³-hybridized carbons (Fsp3) is 0.0556. The Bertz CT molecular complexity index is 1020. The number of fused-ring (bicyclic) bond motifs is 2. The molecule has 0 spiro atoms. The molecule has 0 saturated carbocycles. The Morgan fingerprint density at radius 1 is 1.05 bits per heavy atom. The highest BCUT2D eigenvalue weighted by atomic mass is 79.9. The van der Waals surface area contributed by atoms with Gasteiger partial charge in [0, 0.05) is 10.0 Å². The minimum atomic E-state index is 0.594. The Balaban J connectivity index is 2.03. The molecule has 2 N–H and O–H groups in total. The van der Waals surface area contributed by atoms with E-state index in [-0.39, 0.29) is 0 Å². The number of halogens is 1. The summed E-state index contributed by atoms with van der Waals surface area (Å²) in [5, 5.41) is 2.23. The summed E-state index contributed by atoms with van der Waals surface area (Å²) >= 11 is 3.59. The molecule has 4 heteroatoms. The number of nitrogen functional groups attached to an aromatic ring is 1. The molecule has 1 heterocycles. The smallest absolute Gasteiger partial charge is 0.228 e. The fourth-order valence-electron chi connectivity index (χ4n) is 2.78.